The Labute approximate surface area is 69.1 Å². The lowest BCUT2D eigenvalue weighted by Crippen LogP contribution is -2.03. The van der Waals surface area contributed by atoms with Gasteiger partial charge in [-0.25, -0.2) is 4.79 Å². The second kappa shape index (κ2) is 3.19. The van der Waals surface area contributed by atoms with E-state index >= 15 is 0 Å². The van der Waals surface area contributed by atoms with E-state index in [1.54, 1.807) is 6.08 Å². The predicted octanol–water partition coefficient (Wildman–Crippen LogP) is 2.40. The standard InChI is InChI=1S/C7H11BrO2/c1-7(2,3)4-5(8)6(9)10/h4H,1-3H3,(H,9,10)/b5-4+. The zero-order valence-electron chi connectivity index (χ0n) is 6.31. The van der Waals surface area contributed by atoms with Crippen LogP contribution in [0.1, 0.15) is 20.8 Å². The first kappa shape index (κ1) is 9.69. The Kier molecular flexibility index (Phi) is 3.09. The number of carbonyl (C=O) groups is 1. The van der Waals surface area contributed by atoms with E-state index in [2.05, 4.69) is 15.9 Å². The van der Waals surface area contributed by atoms with Gasteiger partial charge in [-0.2, -0.15) is 0 Å². The van der Waals surface area contributed by atoms with Crippen LogP contribution in [0.3, 0.4) is 0 Å². The Balaban J connectivity index is 4.32. The number of halogens is 1. The van der Waals surface area contributed by atoms with Crippen molar-refractivity contribution >= 4 is 21.9 Å². The molecule has 10 heavy (non-hydrogen) atoms. The minimum absolute atomic E-state index is 0.0861. The highest BCUT2D eigenvalue weighted by Gasteiger charge is 2.10. The number of hydrogen-bond donors (Lipinski definition) is 1. The van der Waals surface area contributed by atoms with Crippen LogP contribution >= 0.6 is 15.9 Å². The maximum Gasteiger partial charge on any atom is 0.342 e. The summed E-state index contributed by atoms with van der Waals surface area (Å²) in [6, 6.07) is 0. The van der Waals surface area contributed by atoms with Gasteiger partial charge in [-0.3, -0.25) is 0 Å². The first-order valence-corrected chi connectivity index (χ1v) is 3.74. The smallest absolute Gasteiger partial charge is 0.342 e. The van der Waals surface area contributed by atoms with Gasteiger partial charge in [0.15, 0.2) is 0 Å². The Morgan fingerprint density at radius 1 is 1.50 bits per heavy atom. The fourth-order valence-corrected chi connectivity index (χ4v) is 1.13. The Morgan fingerprint density at radius 2 is 1.90 bits per heavy atom. The van der Waals surface area contributed by atoms with Gasteiger partial charge in [-0.15, -0.1) is 0 Å². The molecule has 0 spiro atoms. The topological polar surface area (TPSA) is 37.3 Å². The van der Waals surface area contributed by atoms with Crippen LogP contribution in [0.4, 0.5) is 0 Å². The fourth-order valence-electron chi connectivity index (χ4n) is 0.442. The van der Waals surface area contributed by atoms with Crippen molar-refractivity contribution in [3.05, 3.63) is 10.6 Å². The lowest BCUT2D eigenvalue weighted by molar-refractivity contribution is -0.131. The van der Waals surface area contributed by atoms with Crippen LogP contribution in [0.2, 0.25) is 0 Å². The van der Waals surface area contributed by atoms with Crippen LogP contribution in [0.25, 0.3) is 0 Å². The van der Waals surface area contributed by atoms with Gasteiger partial charge in [0, 0.05) is 0 Å². The largest absolute Gasteiger partial charge is 0.477 e. The number of hydrogen-bond acceptors (Lipinski definition) is 1. The highest BCUT2D eigenvalue weighted by molar-refractivity contribution is 9.12. The van der Waals surface area contributed by atoms with Crippen LogP contribution in [-0.2, 0) is 4.79 Å². The summed E-state index contributed by atoms with van der Waals surface area (Å²) >= 11 is 2.94. The first-order valence-electron chi connectivity index (χ1n) is 2.94. The Bertz CT molecular complexity index is 165. The van der Waals surface area contributed by atoms with Gasteiger partial charge in [0.2, 0.25) is 0 Å². The normalized spacial score (nSPS) is 13.4. The van der Waals surface area contributed by atoms with Gasteiger partial charge in [0.05, 0.1) is 4.48 Å². The molecular weight excluding hydrogens is 196 g/mol. The second-order valence-electron chi connectivity index (χ2n) is 3.16. The summed E-state index contributed by atoms with van der Waals surface area (Å²) in [7, 11) is 0. The van der Waals surface area contributed by atoms with Crippen molar-refractivity contribution in [2.45, 2.75) is 20.8 Å². The molecule has 58 valence electrons. The van der Waals surface area contributed by atoms with Gasteiger partial charge >= 0.3 is 5.97 Å². The number of rotatable bonds is 1. The van der Waals surface area contributed by atoms with Gasteiger partial charge in [0.25, 0.3) is 0 Å². The van der Waals surface area contributed by atoms with E-state index in [1.807, 2.05) is 20.8 Å². The molecule has 0 aliphatic rings. The van der Waals surface area contributed by atoms with E-state index in [-0.39, 0.29) is 9.90 Å². The third-order valence-electron chi connectivity index (χ3n) is 0.764. The molecule has 0 saturated carbocycles. The Hall–Kier alpha value is -0.310. The molecule has 0 amide bonds. The zero-order chi connectivity index (χ0) is 8.36. The number of aliphatic carboxylic acids is 1. The average Bonchev–Trinajstić information content (AvgIpc) is 1.60. The molecule has 1 N–H and O–H groups in total. The van der Waals surface area contributed by atoms with Crippen molar-refractivity contribution in [3.63, 3.8) is 0 Å². The Morgan fingerprint density at radius 3 is 2.00 bits per heavy atom. The van der Waals surface area contributed by atoms with Crippen LogP contribution in [0.15, 0.2) is 10.6 Å². The molecule has 0 aromatic carbocycles. The molecule has 0 fully saturated rings. The number of carboxylic acids is 1. The fraction of sp³-hybridized carbons (Fsp3) is 0.571. The van der Waals surface area contributed by atoms with Crippen molar-refractivity contribution < 1.29 is 9.90 Å². The molecule has 0 radical (unpaired) electrons. The van der Waals surface area contributed by atoms with Gasteiger partial charge < -0.3 is 5.11 Å². The molecule has 0 aromatic rings. The first-order chi connectivity index (χ1) is 4.33. The summed E-state index contributed by atoms with van der Waals surface area (Å²) in [6.07, 6.45) is 1.66. The SMILES string of the molecule is CC(C)(C)/C=C(/Br)C(=O)O. The maximum absolute atomic E-state index is 10.3. The highest BCUT2D eigenvalue weighted by Crippen LogP contribution is 2.20. The molecule has 0 aromatic heterocycles. The van der Waals surface area contributed by atoms with Crippen molar-refractivity contribution in [2.24, 2.45) is 5.41 Å². The summed E-state index contributed by atoms with van der Waals surface area (Å²) in [5, 5.41) is 8.43. The maximum atomic E-state index is 10.3. The number of allylic oxidation sites excluding steroid dienone is 1. The highest BCUT2D eigenvalue weighted by atomic mass is 79.9. The second-order valence-corrected chi connectivity index (χ2v) is 4.02. The predicted molar refractivity (Wildman–Crippen MR) is 44.1 cm³/mol. The number of carboxylic acid groups (broad SMARTS) is 1. The summed E-state index contributed by atoms with van der Waals surface area (Å²) in [5.41, 5.74) is -0.0861. The third kappa shape index (κ3) is 4.56. The molecule has 0 saturated heterocycles. The van der Waals surface area contributed by atoms with Crippen LogP contribution in [0.5, 0.6) is 0 Å². The minimum Gasteiger partial charge on any atom is -0.477 e. The summed E-state index contributed by atoms with van der Waals surface area (Å²) in [6.45, 7) is 5.82. The van der Waals surface area contributed by atoms with Crippen LogP contribution in [-0.4, -0.2) is 11.1 Å². The van der Waals surface area contributed by atoms with Crippen molar-refractivity contribution in [3.8, 4) is 0 Å². The van der Waals surface area contributed by atoms with E-state index in [0.717, 1.165) is 0 Å². The van der Waals surface area contributed by atoms with Gasteiger partial charge in [-0.05, 0) is 21.3 Å². The molecule has 0 bridgehead atoms. The van der Waals surface area contributed by atoms with Gasteiger partial charge in [0.1, 0.15) is 0 Å². The van der Waals surface area contributed by atoms with E-state index in [1.165, 1.54) is 0 Å². The molecule has 0 heterocycles. The van der Waals surface area contributed by atoms with Crippen LogP contribution < -0.4 is 0 Å². The van der Waals surface area contributed by atoms with Crippen molar-refractivity contribution in [2.75, 3.05) is 0 Å². The van der Waals surface area contributed by atoms with Gasteiger partial charge in [-0.1, -0.05) is 26.8 Å². The minimum atomic E-state index is -0.921. The van der Waals surface area contributed by atoms with E-state index < -0.39 is 5.97 Å². The summed E-state index contributed by atoms with van der Waals surface area (Å²) in [5.74, 6) is -0.921. The lowest BCUT2D eigenvalue weighted by Gasteiger charge is -2.11. The molecule has 0 rings (SSSR count). The van der Waals surface area contributed by atoms with E-state index in [9.17, 15) is 4.79 Å². The quantitative estimate of drug-likeness (QED) is 0.670. The van der Waals surface area contributed by atoms with Crippen molar-refractivity contribution in [1.29, 1.82) is 0 Å². The lowest BCUT2D eigenvalue weighted by atomic mass is 9.96. The molecule has 3 heteroatoms. The third-order valence-corrected chi connectivity index (χ3v) is 1.33. The van der Waals surface area contributed by atoms with Crippen molar-refractivity contribution in [1.82, 2.24) is 0 Å². The summed E-state index contributed by atoms with van der Waals surface area (Å²) in [4.78, 5) is 10.3. The monoisotopic (exact) mass is 206 g/mol. The van der Waals surface area contributed by atoms with Crippen LogP contribution in [0, 0.1) is 5.41 Å². The molecule has 0 aliphatic carbocycles. The van der Waals surface area contributed by atoms with E-state index in [4.69, 9.17) is 5.11 Å². The molecule has 2 nitrogen and oxygen atoms in total. The molecule has 0 atom stereocenters. The molecular formula is C7H11BrO2. The van der Waals surface area contributed by atoms with E-state index in [0.29, 0.717) is 0 Å². The molecule has 0 aliphatic heterocycles. The zero-order valence-corrected chi connectivity index (χ0v) is 7.90. The average molecular weight is 207 g/mol. The molecule has 0 unspecified atom stereocenters. The summed E-state index contributed by atoms with van der Waals surface area (Å²) < 4.78 is 0.222.